The Balaban J connectivity index is 1.52. The first-order chi connectivity index (χ1) is 14.9. The van der Waals surface area contributed by atoms with Crippen molar-refractivity contribution in [1.82, 2.24) is 4.98 Å². The van der Waals surface area contributed by atoms with Gasteiger partial charge in [-0.1, -0.05) is 18.5 Å². The third kappa shape index (κ3) is 5.02. The Bertz CT molecular complexity index is 1240. The van der Waals surface area contributed by atoms with Crippen molar-refractivity contribution in [3.8, 4) is 17.2 Å². The molecule has 0 fully saturated rings. The summed E-state index contributed by atoms with van der Waals surface area (Å²) < 4.78 is 12.7. The fourth-order valence-electron chi connectivity index (χ4n) is 2.99. The van der Waals surface area contributed by atoms with E-state index in [1.807, 2.05) is 25.1 Å². The predicted molar refractivity (Wildman–Crippen MR) is 132 cm³/mol. The quantitative estimate of drug-likeness (QED) is 0.260. The molecule has 0 aliphatic heterocycles. The maximum Gasteiger partial charge on any atom is 0.255 e. The van der Waals surface area contributed by atoms with E-state index in [1.54, 1.807) is 42.5 Å². The summed E-state index contributed by atoms with van der Waals surface area (Å²) in [7, 11) is 0. The van der Waals surface area contributed by atoms with Gasteiger partial charge in [0.25, 0.3) is 5.91 Å². The number of benzene rings is 3. The highest BCUT2D eigenvalue weighted by Crippen LogP contribution is 2.32. The van der Waals surface area contributed by atoms with Gasteiger partial charge in [-0.3, -0.25) is 4.79 Å². The Labute approximate surface area is 198 Å². The van der Waals surface area contributed by atoms with E-state index in [9.17, 15) is 4.79 Å². The van der Waals surface area contributed by atoms with Crippen LogP contribution in [0.15, 0.2) is 65.1 Å². The molecule has 0 radical (unpaired) electrons. The number of ether oxygens (including phenoxy) is 1. The number of rotatable bonds is 6. The predicted octanol–water partition coefficient (Wildman–Crippen LogP) is 7.18. The Hall–Kier alpha value is -2.58. The average molecular weight is 547 g/mol. The fourth-order valence-corrected chi connectivity index (χ4v) is 3.68. The molecule has 1 N–H and O–H groups in total. The minimum absolute atomic E-state index is 0.132. The summed E-state index contributed by atoms with van der Waals surface area (Å²) >= 11 is 8.52. The van der Waals surface area contributed by atoms with Gasteiger partial charge in [-0.2, -0.15) is 0 Å². The molecule has 0 aliphatic rings. The zero-order chi connectivity index (χ0) is 22.0. The summed E-state index contributed by atoms with van der Waals surface area (Å²) in [6, 6.07) is 18.1. The first-order valence-corrected chi connectivity index (χ1v) is 11.3. The molecule has 0 saturated carbocycles. The highest BCUT2D eigenvalue weighted by Gasteiger charge is 2.14. The number of amides is 1. The van der Waals surface area contributed by atoms with Crippen LogP contribution < -0.4 is 10.1 Å². The molecule has 1 atom stereocenters. The van der Waals surface area contributed by atoms with E-state index in [4.69, 9.17) is 20.8 Å². The highest BCUT2D eigenvalue weighted by atomic mass is 127. The van der Waals surface area contributed by atoms with Crippen LogP contribution in [0, 0.1) is 3.57 Å². The van der Waals surface area contributed by atoms with Gasteiger partial charge in [0.15, 0.2) is 5.58 Å². The minimum atomic E-state index is -0.209. The number of nitrogens with one attached hydrogen (secondary N) is 1. The van der Waals surface area contributed by atoms with E-state index in [1.165, 1.54) is 0 Å². The maximum atomic E-state index is 12.6. The van der Waals surface area contributed by atoms with Crippen LogP contribution in [0.25, 0.3) is 22.6 Å². The molecule has 3 aromatic carbocycles. The number of oxazole rings is 1. The summed E-state index contributed by atoms with van der Waals surface area (Å²) in [6.45, 7) is 4.08. The zero-order valence-corrected chi connectivity index (χ0v) is 19.9. The topological polar surface area (TPSA) is 64.4 Å². The second-order valence-corrected chi connectivity index (χ2v) is 8.79. The lowest BCUT2D eigenvalue weighted by atomic mass is 10.2. The number of halogens is 2. The van der Waals surface area contributed by atoms with Crippen LogP contribution in [0.3, 0.4) is 0 Å². The van der Waals surface area contributed by atoms with Gasteiger partial charge < -0.3 is 14.5 Å². The Morgan fingerprint density at radius 3 is 2.68 bits per heavy atom. The molecule has 158 valence electrons. The van der Waals surface area contributed by atoms with Crippen molar-refractivity contribution in [3.63, 3.8) is 0 Å². The number of aromatic nitrogens is 1. The van der Waals surface area contributed by atoms with Gasteiger partial charge in [-0.25, -0.2) is 4.98 Å². The van der Waals surface area contributed by atoms with Crippen LogP contribution >= 0.6 is 34.2 Å². The lowest BCUT2D eigenvalue weighted by Crippen LogP contribution is -2.12. The van der Waals surface area contributed by atoms with Crippen LogP contribution in [0.1, 0.15) is 30.6 Å². The van der Waals surface area contributed by atoms with Gasteiger partial charge in [0.1, 0.15) is 11.3 Å². The lowest BCUT2D eigenvalue weighted by molar-refractivity contribution is 0.102. The second-order valence-electron chi connectivity index (χ2n) is 7.14. The van der Waals surface area contributed by atoms with Gasteiger partial charge in [0.05, 0.1) is 16.7 Å². The Morgan fingerprint density at radius 1 is 1.16 bits per heavy atom. The summed E-state index contributed by atoms with van der Waals surface area (Å²) in [5.41, 5.74) is 3.17. The van der Waals surface area contributed by atoms with Crippen LogP contribution in [-0.2, 0) is 0 Å². The molecule has 1 unspecified atom stereocenters. The number of carbonyl (C=O) groups is 1. The van der Waals surface area contributed by atoms with Crippen molar-refractivity contribution in [2.45, 2.75) is 26.4 Å². The first kappa shape index (κ1) is 21.6. The normalized spacial score (nSPS) is 12.0. The SMILES string of the molecule is CCC(C)Oc1ccc(C(=O)Nc2ccc3oc(-c4cc(I)ccc4Cl)nc3c2)cc1. The molecule has 1 aromatic heterocycles. The van der Waals surface area contributed by atoms with E-state index < -0.39 is 0 Å². The molecule has 5 nitrogen and oxygen atoms in total. The van der Waals surface area contributed by atoms with Crippen LogP contribution in [0.4, 0.5) is 5.69 Å². The molecule has 0 bridgehead atoms. The lowest BCUT2D eigenvalue weighted by Gasteiger charge is -2.12. The first-order valence-electron chi connectivity index (χ1n) is 9.87. The van der Waals surface area contributed by atoms with Gasteiger partial charge >= 0.3 is 0 Å². The second kappa shape index (κ2) is 9.28. The average Bonchev–Trinajstić information content (AvgIpc) is 3.19. The minimum Gasteiger partial charge on any atom is -0.491 e. The van der Waals surface area contributed by atoms with Gasteiger partial charge in [0, 0.05) is 14.8 Å². The van der Waals surface area contributed by atoms with Crippen molar-refractivity contribution in [2.24, 2.45) is 0 Å². The third-order valence-electron chi connectivity index (χ3n) is 4.83. The van der Waals surface area contributed by atoms with E-state index >= 15 is 0 Å². The number of hydrogen-bond donors (Lipinski definition) is 1. The fraction of sp³-hybridized carbons (Fsp3) is 0.167. The Morgan fingerprint density at radius 2 is 1.94 bits per heavy atom. The van der Waals surface area contributed by atoms with Gasteiger partial charge in [0.2, 0.25) is 5.89 Å². The van der Waals surface area contributed by atoms with E-state index in [-0.39, 0.29) is 12.0 Å². The Kier molecular flexibility index (Phi) is 6.48. The molecule has 0 aliphatic carbocycles. The van der Waals surface area contributed by atoms with Crippen LogP contribution in [0.5, 0.6) is 5.75 Å². The van der Waals surface area contributed by atoms with Crippen LogP contribution in [-0.4, -0.2) is 17.0 Å². The van der Waals surface area contributed by atoms with Crippen molar-refractivity contribution >= 4 is 56.9 Å². The maximum absolute atomic E-state index is 12.6. The molecule has 1 heterocycles. The summed E-state index contributed by atoms with van der Waals surface area (Å²) in [5.74, 6) is 0.981. The smallest absolute Gasteiger partial charge is 0.255 e. The standard InChI is InChI=1S/C24H20ClIN2O3/c1-3-14(2)30-18-8-4-15(5-9-18)23(29)27-17-7-11-22-21(13-17)28-24(31-22)19-12-16(26)6-10-20(19)25/h4-14H,3H2,1-2H3,(H,27,29). The van der Waals surface area contributed by atoms with Crippen LogP contribution in [0.2, 0.25) is 5.02 Å². The molecule has 0 saturated heterocycles. The molecule has 0 spiro atoms. The molecule has 31 heavy (non-hydrogen) atoms. The van der Waals surface area contributed by atoms with E-state index in [2.05, 4.69) is 39.8 Å². The largest absolute Gasteiger partial charge is 0.491 e. The molecule has 7 heteroatoms. The zero-order valence-electron chi connectivity index (χ0n) is 17.0. The molecule has 4 rings (SSSR count). The monoisotopic (exact) mass is 546 g/mol. The molecule has 4 aromatic rings. The van der Waals surface area contributed by atoms with Gasteiger partial charge in [-0.15, -0.1) is 0 Å². The number of anilines is 1. The van der Waals surface area contributed by atoms with Gasteiger partial charge in [-0.05, 0) is 96.6 Å². The summed E-state index contributed by atoms with van der Waals surface area (Å²) in [4.78, 5) is 17.2. The van der Waals surface area contributed by atoms with E-state index in [0.29, 0.717) is 33.3 Å². The summed E-state index contributed by atoms with van der Waals surface area (Å²) in [5, 5.41) is 3.47. The molecular formula is C24H20ClIN2O3. The molecule has 1 amide bonds. The van der Waals surface area contributed by atoms with Crippen molar-refractivity contribution < 1.29 is 13.9 Å². The van der Waals surface area contributed by atoms with Crippen molar-refractivity contribution in [3.05, 3.63) is 74.8 Å². The number of fused-ring (bicyclic) bond motifs is 1. The number of hydrogen-bond acceptors (Lipinski definition) is 4. The molecular weight excluding hydrogens is 527 g/mol. The number of carbonyl (C=O) groups excluding carboxylic acids is 1. The third-order valence-corrected chi connectivity index (χ3v) is 5.83. The van der Waals surface area contributed by atoms with E-state index in [0.717, 1.165) is 21.3 Å². The summed E-state index contributed by atoms with van der Waals surface area (Å²) in [6.07, 6.45) is 1.05. The van der Waals surface area contributed by atoms with Crippen molar-refractivity contribution in [1.29, 1.82) is 0 Å². The number of nitrogens with zero attached hydrogens (tertiary/aromatic N) is 1. The highest BCUT2D eigenvalue weighted by molar-refractivity contribution is 14.1. The van der Waals surface area contributed by atoms with Crippen molar-refractivity contribution in [2.75, 3.05) is 5.32 Å².